The third-order valence-electron chi connectivity index (χ3n) is 1.22. The van der Waals surface area contributed by atoms with Crippen molar-refractivity contribution in [3.63, 3.8) is 0 Å². The highest BCUT2D eigenvalue weighted by atomic mass is 32.1. The summed E-state index contributed by atoms with van der Waals surface area (Å²) in [5.74, 6) is -0.576. The van der Waals surface area contributed by atoms with Gasteiger partial charge in [0.2, 0.25) is 0 Å². The first-order chi connectivity index (χ1) is 5.65. The van der Waals surface area contributed by atoms with E-state index in [1.54, 1.807) is 0 Å². The monoisotopic (exact) mass is 186 g/mol. The zero-order valence-corrected chi connectivity index (χ0v) is 7.03. The summed E-state index contributed by atoms with van der Waals surface area (Å²) < 4.78 is 4.48. The van der Waals surface area contributed by atoms with Crippen LogP contribution in [0.25, 0.3) is 0 Å². The van der Waals surface area contributed by atoms with E-state index in [-0.39, 0.29) is 10.2 Å². The lowest BCUT2D eigenvalue weighted by Crippen LogP contribution is -2.14. The van der Waals surface area contributed by atoms with Gasteiger partial charge in [-0.05, 0) is 0 Å². The van der Waals surface area contributed by atoms with Crippen LogP contribution in [-0.2, 0) is 4.74 Å². The van der Waals surface area contributed by atoms with Crippen LogP contribution in [0, 0.1) is 4.64 Å². The van der Waals surface area contributed by atoms with Gasteiger partial charge in [0, 0.05) is 6.20 Å². The summed E-state index contributed by atoms with van der Waals surface area (Å²) in [5, 5.41) is 0. The van der Waals surface area contributed by atoms with Crippen molar-refractivity contribution >= 4 is 18.2 Å². The smallest absolute Gasteiger partial charge is 0.342 e. The third kappa shape index (κ3) is 1.59. The van der Waals surface area contributed by atoms with E-state index in [0.717, 1.165) is 0 Å². The molecule has 0 spiro atoms. The number of nitrogens with one attached hydrogen (secondary N) is 2. The van der Waals surface area contributed by atoms with Gasteiger partial charge in [-0.3, -0.25) is 4.98 Å². The first-order valence-corrected chi connectivity index (χ1v) is 3.46. The van der Waals surface area contributed by atoms with Gasteiger partial charge < -0.3 is 9.72 Å². The molecule has 5 nitrogen and oxygen atoms in total. The molecule has 6 heteroatoms. The molecule has 12 heavy (non-hydrogen) atoms. The second kappa shape index (κ2) is 3.31. The van der Waals surface area contributed by atoms with Crippen molar-refractivity contribution in [1.29, 1.82) is 0 Å². The first-order valence-electron chi connectivity index (χ1n) is 3.05. The predicted octanol–water partition coefficient (Wildman–Crippen LogP) is 0.219. The summed E-state index contributed by atoms with van der Waals surface area (Å²) in [7, 11) is 1.24. The summed E-state index contributed by atoms with van der Waals surface area (Å²) >= 11 is 4.71. The number of aromatic amines is 2. The van der Waals surface area contributed by atoms with Crippen LogP contribution in [0.1, 0.15) is 10.4 Å². The molecule has 1 rings (SSSR count). The SMILES string of the molecule is COC(=O)c1c[nH]c(=O)[nH]c1=S. The van der Waals surface area contributed by atoms with Crippen molar-refractivity contribution in [2.45, 2.75) is 0 Å². The number of carbonyl (C=O) groups is 1. The summed E-state index contributed by atoms with van der Waals surface area (Å²) in [6.07, 6.45) is 1.22. The minimum Gasteiger partial charge on any atom is -0.465 e. The van der Waals surface area contributed by atoms with Crippen LogP contribution < -0.4 is 5.69 Å². The molecular weight excluding hydrogens is 180 g/mol. The molecule has 1 heterocycles. The summed E-state index contributed by atoms with van der Waals surface area (Å²) in [4.78, 5) is 26.1. The van der Waals surface area contributed by atoms with Gasteiger partial charge in [0.1, 0.15) is 10.2 Å². The van der Waals surface area contributed by atoms with E-state index in [0.29, 0.717) is 0 Å². The lowest BCUT2D eigenvalue weighted by atomic mass is 10.3. The number of H-pyrrole nitrogens is 2. The Bertz CT molecular complexity index is 406. The van der Waals surface area contributed by atoms with Gasteiger partial charge in [-0.15, -0.1) is 0 Å². The molecule has 0 aliphatic rings. The molecule has 1 aromatic heterocycles. The second-order valence-electron chi connectivity index (χ2n) is 1.98. The molecule has 1 aromatic rings. The lowest BCUT2D eigenvalue weighted by molar-refractivity contribution is 0.0599. The van der Waals surface area contributed by atoms with E-state index in [1.807, 2.05) is 0 Å². The fourth-order valence-electron chi connectivity index (χ4n) is 0.671. The van der Waals surface area contributed by atoms with Gasteiger partial charge in [0.25, 0.3) is 0 Å². The molecular formula is C6H6N2O3S. The number of hydrogen-bond acceptors (Lipinski definition) is 4. The van der Waals surface area contributed by atoms with Crippen LogP contribution in [0.15, 0.2) is 11.0 Å². The molecule has 0 aliphatic carbocycles. The number of esters is 1. The van der Waals surface area contributed by atoms with Crippen molar-refractivity contribution in [1.82, 2.24) is 9.97 Å². The maximum atomic E-state index is 10.9. The fraction of sp³-hybridized carbons (Fsp3) is 0.167. The van der Waals surface area contributed by atoms with Gasteiger partial charge in [0.05, 0.1) is 7.11 Å². The van der Waals surface area contributed by atoms with E-state index >= 15 is 0 Å². The summed E-state index contributed by atoms with van der Waals surface area (Å²) in [6.45, 7) is 0. The molecule has 0 aromatic carbocycles. The average Bonchev–Trinajstić information content (AvgIpc) is 2.03. The van der Waals surface area contributed by atoms with Crippen LogP contribution >= 0.6 is 12.2 Å². The zero-order valence-electron chi connectivity index (χ0n) is 6.21. The van der Waals surface area contributed by atoms with E-state index in [9.17, 15) is 9.59 Å². The third-order valence-corrected chi connectivity index (χ3v) is 1.55. The molecule has 2 N–H and O–H groups in total. The number of hydrogen-bond donors (Lipinski definition) is 2. The van der Waals surface area contributed by atoms with Crippen LogP contribution in [-0.4, -0.2) is 23.0 Å². The highest BCUT2D eigenvalue weighted by Crippen LogP contribution is 1.96. The zero-order chi connectivity index (χ0) is 9.14. The molecule has 0 fully saturated rings. The van der Waals surface area contributed by atoms with Crippen LogP contribution in [0.4, 0.5) is 0 Å². The Labute approximate surface area is 72.4 Å². The van der Waals surface area contributed by atoms with Crippen molar-refractivity contribution in [2.75, 3.05) is 7.11 Å². The lowest BCUT2D eigenvalue weighted by Gasteiger charge is -1.96. The molecule has 0 aliphatic heterocycles. The molecule has 0 saturated carbocycles. The summed E-state index contributed by atoms with van der Waals surface area (Å²) in [5.41, 5.74) is -0.306. The topological polar surface area (TPSA) is 75.0 Å². The Kier molecular flexibility index (Phi) is 2.39. The minimum atomic E-state index is -0.576. The summed E-state index contributed by atoms with van der Waals surface area (Å²) in [6, 6.07) is 0. The standard InChI is InChI=1S/C6H6N2O3S/c1-11-5(9)3-2-7-6(10)8-4(3)12/h2H,1H3,(H2,7,8,10,12). The molecule has 0 amide bonds. The molecule has 0 unspecified atom stereocenters. The Hall–Kier alpha value is -1.43. The fourth-order valence-corrected chi connectivity index (χ4v) is 0.906. The minimum absolute atomic E-state index is 0.0746. The predicted molar refractivity (Wildman–Crippen MR) is 43.6 cm³/mol. The maximum Gasteiger partial charge on any atom is 0.342 e. The van der Waals surface area contributed by atoms with Crippen LogP contribution in [0.2, 0.25) is 0 Å². The Morgan fingerprint density at radius 1 is 1.67 bits per heavy atom. The van der Waals surface area contributed by atoms with Gasteiger partial charge in [-0.1, -0.05) is 12.2 Å². The molecule has 0 radical (unpaired) electrons. The Morgan fingerprint density at radius 3 is 2.83 bits per heavy atom. The van der Waals surface area contributed by atoms with Gasteiger partial charge in [-0.25, -0.2) is 9.59 Å². The molecule has 0 atom stereocenters. The van der Waals surface area contributed by atoms with Gasteiger partial charge in [0.15, 0.2) is 0 Å². The maximum absolute atomic E-state index is 10.9. The normalized spacial score (nSPS) is 9.42. The van der Waals surface area contributed by atoms with Crippen molar-refractivity contribution in [3.05, 3.63) is 26.9 Å². The first kappa shape index (κ1) is 8.66. The Balaban J connectivity index is 3.28. The van der Waals surface area contributed by atoms with Gasteiger partial charge in [-0.2, -0.15) is 0 Å². The van der Waals surface area contributed by atoms with Crippen molar-refractivity contribution in [2.24, 2.45) is 0 Å². The van der Waals surface area contributed by atoms with Gasteiger partial charge >= 0.3 is 11.7 Å². The highest BCUT2D eigenvalue weighted by Gasteiger charge is 2.06. The number of rotatable bonds is 1. The van der Waals surface area contributed by atoms with Crippen LogP contribution in [0.5, 0.6) is 0 Å². The Morgan fingerprint density at radius 2 is 2.33 bits per heavy atom. The average molecular weight is 186 g/mol. The van der Waals surface area contributed by atoms with E-state index in [4.69, 9.17) is 12.2 Å². The molecule has 0 bridgehead atoms. The number of methoxy groups -OCH3 is 1. The largest absolute Gasteiger partial charge is 0.465 e. The highest BCUT2D eigenvalue weighted by molar-refractivity contribution is 7.71. The number of aromatic nitrogens is 2. The number of carbonyl (C=O) groups excluding carboxylic acids is 1. The van der Waals surface area contributed by atoms with Crippen molar-refractivity contribution < 1.29 is 9.53 Å². The van der Waals surface area contributed by atoms with Crippen molar-refractivity contribution in [3.8, 4) is 0 Å². The molecule has 64 valence electrons. The van der Waals surface area contributed by atoms with E-state index < -0.39 is 11.7 Å². The quantitative estimate of drug-likeness (QED) is 0.486. The van der Waals surface area contributed by atoms with Crippen LogP contribution in [0.3, 0.4) is 0 Å². The second-order valence-corrected chi connectivity index (χ2v) is 2.39. The van der Waals surface area contributed by atoms with E-state index in [1.165, 1.54) is 13.3 Å². The number of ether oxygens (including phenoxy) is 1. The molecule has 0 saturated heterocycles. The van der Waals surface area contributed by atoms with E-state index in [2.05, 4.69) is 14.7 Å².